The number of carbonyl (C=O) groups is 1. The van der Waals surface area contributed by atoms with Crippen molar-refractivity contribution in [3.63, 3.8) is 0 Å². The molecule has 280 valence electrons. The first kappa shape index (κ1) is 35.8. The average molecular weight is 759 g/mol. The van der Waals surface area contributed by atoms with Gasteiger partial charge in [-0.3, -0.25) is 14.9 Å². The Morgan fingerprint density at radius 3 is 2.47 bits per heavy atom. The van der Waals surface area contributed by atoms with E-state index in [1.54, 1.807) is 24.4 Å². The number of nitro benzene ring substituents is 1. The normalized spacial score (nSPS) is 16.0. The number of nitro groups is 1. The lowest BCUT2D eigenvalue weighted by atomic mass is 9.93. The maximum atomic E-state index is 13.8. The number of pyridine rings is 1. The highest BCUT2D eigenvalue weighted by atomic mass is 32.2. The molecule has 2 aliphatic rings. The van der Waals surface area contributed by atoms with Gasteiger partial charge in [-0.1, -0.05) is 48.5 Å². The highest BCUT2D eigenvalue weighted by Crippen LogP contribution is 2.39. The van der Waals surface area contributed by atoms with Gasteiger partial charge in [0.15, 0.2) is 0 Å². The van der Waals surface area contributed by atoms with Gasteiger partial charge >= 0.3 is 0 Å². The van der Waals surface area contributed by atoms with Gasteiger partial charge in [0.25, 0.3) is 21.6 Å². The van der Waals surface area contributed by atoms with Crippen molar-refractivity contribution in [2.75, 3.05) is 36.5 Å². The van der Waals surface area contributed by atoms with E-state index < -0.39 is 31.4 Å². The molecule has 4 aromatic carbocycles. The second-order valence-electron chi connectivity index (χ2n) is 13.7. The fourth-order valence-corrected chi connectivity index (χ4v) is 8.05. The number of rotatable bonds is 12. The summed E-state index contributed by atoms with van der Waals surface area (Å²) in [6, 6.07) is 30.9. The maximum Gasteiger partial charge on any atom is 0.293 e. The summed E-state index contributed by atoms with van der Waals surface area (Å²) in [6.45, 7) is 2.69. The Labute approximate surface area is 317 Å². The zero-order valence-corrected chi connectivity index (χ0v) is 30.5. The average Bonchev–Trinajstić information content (AvgIpc) is 3.66. The lowest BCUT2D eigenvalue weighted by molar-refractivity contribution is -0.384. The van der Waals surface area contributed by atoms with Crippen LogP contribution in [0.2, 0.25) is 0 Å². The molecular weight excluding hydrogens is 721 g/mol. The number of H-pyrrole nitrogens is 1. The summed E-state index contributed by atoms with van der Waals surface area (Å²) in [5, 5.41) is 15.9. The van der Waals surface area contributed by atoms with Gasteiger partial charge in [-0.2, -0.15) is 0 Å². The van der Waals surface area contributed by atoms with E-state index in [4.69, 9.17) is 9.47 Å². The molecule has 0 aliphatic carbocycles. The SMILES string of the molecule is O=C(NS(=O)(=O)c1ccc(NCC2CCOCC2)c([N+](=O)[O-])c1)c1ccc(-c2ccc(N3CCC3c3ccccc3)cc2)cc1Oc1cnc2[nH]ccc2c1. The second kappa shape index (κ2) is 15.2. The summed E-state index contributed by atoms with van der Waals surface area (Å²) in [5.74, 6) is -0.268. The molecule has 2 fully saturated rings. The number of ether oxygens (including phenoxy) is 2. The Kier molecular flexibility index (Phi) is 9.91. The maximum absolute atomic E-state index is 13.8. The highest BCUT2D eigenvalue weighted by molar-refractivity contribution is 7.90. The smallest absolute Gasteiger partial charge is 0.293 e. The molecule has 2 aliphatic heterocycles. The predicted octanol–water partition coefficient (Wildman–Crippen LogP) is 7.84. The van der Waals surface area contributed by atoms with Gasteiger partial charge in [0, 0.05) is 49.6 Å². The largest absolute Gasteiger partial charge is 0.455 e. The summed E-state index contributed by atoms with van der Waals surface area (Å²) in [4.78, 5) is 34.5. The first-order chi connectivity index (χ1) is 26.7. The molecule has 1 amide bonds. The highest BCUT2D eigenvalue weighted by Gasteiger charge is 2.30. The standard InChI is InChI=1S/C41H38N6O7S/c48-41(45-55(51,52)34-11-13-36(38(24-34)47(49)50)43-25-27-16-20-53-21-17-27)35-12-8-30(23-39(35)54-33-22-31-14-18-42-40(31)44-26-33)28-6-9-32(10-7-28)46-19-15-37(46)29-4-2-1-3-5-29/h1-14,18,22-24,26-27,37,43H,15-17,19-21,25H2,(H,42,44)(H,45,48). The molecule has 14 heteroatoms. The van der Waals surface area contributed by atoms with E-state index in [9.17, 15) is 23.3 Å². The Balaban J connectivity index is 1.05. The second-order valence-corrected chi connectivity index (χ2v) is 15.3. The summed E-state index contributed by atoms with van der Waals surface area (Å²) in [7, 11) is -4.55. The minimum atomic E-state index is -4.55. The Bertz CT molecular complexity index is 2470. The van der Waals surface area contributed by atoms with Crippen LogP contribution in [0.15, 0.2) is 120 Å². The van der Waals surface area contributed by atoms with Crippen molar-refractivity contribution in [3.05, 3.63) is 137 Å². The van der Waals surface area contributed by atoms with Crippen molar-refractivity contribution in [1.82, 2.24) is 14.7 Å². The molecule has 1 unspecified atom stereocenters. The number of carbonyl (C=O) groups excluding carboxylic acids is 1. The van der Waals surface area contributed by atoms with Crippen LogP contribution in [0, 0.1) is 16.0 Å². The molecule has 0 saturated carbocycles. The molecular formula is C41H38N6O7S. The number of hydrogen-bond donors (Lipinski definition) is 3. The van der Waals surface area contributed by atoms with Gasteiger partial charge in [-0.15, -0.1) is 0 Å². The third-order valence-electron chi connectivity index (χ3n) is 10.2. The molecule has 2 aromatic heterocycles. The molecule has 2 saturated heterocycles. The van der Waals surface area contributed by atoms with Crippen LogP contribution < -0.4 is 19.7 Å². The molecule has 4 heterocycles. The lowest BCUT2D eigenvalue weighted by Gasteiger charge is -2.43. The van der Waals surface area contributed by atoms with E-state index in [1.165, 1.54) is 30.0 Å². The van der Waals surface area contributed by atoms with Crippen LogP contribution >= 0.6 is 0 Å². The quantitative estimate of drug-likeness (QED) is 0.0826. The molecule has 0 spiro atoms. The summed E-state index contributed by atoms with van der Waals surface area (Å²) >= 11 is 0. The predicted molar refractivity (Wildman–Crippen MR) is 209 cm³/mol. The number of amides is 1. The Morgan fingerprint density at radius 2 is 1.73 bits per heavy atom. The lowest BCUT2D eigenvalue weighted by Crippen LogP contribution is -2.40. The van der Waals surface area contributed by atoms with Crippen molar-refractivity contribution in [2.45, 2.75) is 30.2 Å². The number of nitrogens with zero attached hydrogens (tertiary/aromatic N) is 3. The molecule has 55 heavy (non-hydrogen) atoms. The van der Waals surface area contributed by atoms with E-state index >= 15 is 0 Å². The van der Waals surface area contributed by atoms with Crippen molar-refractivity contribution in [1.29, 1.82) is 0 Å². The minimum absolute atomic E-state index is 0.0614. The fraction of sp³-hybridized carbons (Fsp3) is 0.220. The number of hydrogen-bond acceptors (Lipinski definition) is 10. The third-order valence-corrected chi connectivity index (χ3v) is 11.5. The van der Waals surface area contributed by atoms with Crippen LogP contribution in [0.4, 0.5) is 17.1 Å². The summed E-state index contributed by atoms with van der Waals surface area (Å²) in [6.07, 6.45) is 5.97. The zero-order valence-electron chi connectivity index (χ0n) is 29.7. The van der Waals surface area contributed by atoms with Crippen LogP contribution in [0.25, 0.3) is 22.2 Å². The van der Waals surface area contributed by atoms with Crippen molar-refractivity contribution < 1.29 is 27.6 Å². The minimum Gasteiger partial charge on any atom is -0.455 e. The van der Waals surface area contributed by atoms with Gasteiger partial charge in [0.05, 0.1) is 27.6 Å². The van der Waals surface area contributed by atoms with Gasteiger partial charge < -0.3 is 24.7 Å². The number of anilines is 2. The molecule has 8 rings (SSSR count). The number of aromatic nitrogens is 2. The van der Waals surface area contributed by atoms with Crippen molar-refractivity contribution in [3.8, 4) is 22.6 Å². The van der Waals surface area contributed by atoms with Crippen LogP contribution in [0.3, 0.4) is 0 Å². The van der Waals surface area contributed by atoms with Crippen LogP contribution in [0.1, 0.15) is 41.2 Å². The first-order valence-electron chi connectivity index (χ1n) is 18.1. The first-order valence-corrected chi connectivity index (χ1v) is 19.5. The molecule has 0 bridgehead atoms. The molecule has 0 radical (unpaired) electrons. The van der Waals surface area contributed by atoms with Gasteiger partial charge in [-0.25, -0.2) is 18.1 Å². The Hall–Kier alpha value is -6.25. The summed E-state index contributed by atoms with van der Waals surface area (Å²) in [5.41, 5.74) is 4.33. The topological polar surface area (TPSA) is 169 Å². The van der Waals surface area contributed by atoms with E-state index in [2.05, 4.69) is 61.3 Å². The third kappa shape index (κ3) is 7.72. The number of fused-ring (bicyclic) bond motifs is 1. The van der Waals surface area contributed by atoms with Crippen LogP contribution in [-0.4, -0.2) is 55.5 Å². The number of sulfonamides is 1. The molecule has 6 aromatic rings. The van der Waals surface area contributed by atoms with E-state index in [1.807, 2.05) is 24.3 Å². The molecule has 13 nitrogen and oxygen atoms in total. The number of aromatic amines is 1. The van der Waals surface area contributed by atoms with Gasteiger partial charge in [0.2, 0.25) is 0 Å². The van der Waals surface area contributed by atoms with Crippen molar-refractivity contribution >= 4 is 44.0 Å². The van der Waals surface area contributed by atoms with E-state index in [0.29, 0.717) is 37.2 Å². The Morgan fingerprint density at radius 1 is 0.945 bits per heavy atom. The van der Waals surface area contributed by atoms with E-state index in [0.717, 1.165) is 54.1 Å². The number of nitrogens with one attached hydrogen (secondary N) is 3. The monoisotopic (exact) mass is 758 g/mol. The summed E-state index contributed by atoms with van der Waals surface area (Å²) < 4.78 is 40.8. The van der Waals surface area contributed by atoms with Gasteiger partial charge in [0.1, 0.15) is 22.8 Å². The fourth-order valence-electron chi connectivity index (χ4n) is 7.06. The number of benzene rings is 4. The van der Waals surface area contributed by atoms with Crippen molar-refractivity contribution in [2.24, 2.45) is 5.92 Å². The van der Waals surface area contributed by atoms with Crippen LogP contribution in [0.5, 0.6) is 11.5 Å². The van der Waals surface area contributed by atoms with Crippen LogP contribution in [-0.2, 0) is 14.8 Å². The van der Waals surface area contributed by atoms with E-state index in [-0.39, 0.29) is 22.9 Å². The molecule has 1 atom stereocenters. The zero-order chi connectivity index (χ0) is 37.9. The van der Waals surface area contributed by atoms with Gasteiger partial charge in [-0.05, 0) is 90.4 Å². The molecule has 3 N–H and O–H groups in total.